The van der Waals surface area contributed by atoms with Gasteiger partial charge in [-0.05, 0) is 57.3 Å². The molecular weight excluding hydrogens is 400 g/mol. The van der Waals surface area contributed by atoms with Crippen LogP contribution < -0.4 is 4.74 Å². The summed E-state index contributed by atoms with van der Waals surface area (Å²) in [5, 5.41) is 10.5. The fraction of sp³-hybridized carbons (Fsp3) is 0.143. The van der Waals surface area contributed by atoms with Gasteiger partial charge in [-0.15, -0.1) is 0 Å². The molecule has 1 aromatic carbocycles. The average Bonchev–Trinajstić information content (AvgIpc) is 2.08. The van der Waals surface area contributed by atoms with E-state index in [1.165, 1.54) is 6.07 Å². The van der Waals surface area contributed by atoms with Gasteiger partial charge in [0.05, 0.1) is 14.6 Å². The number of nitrogens with zero attached hydrogens (tertiary/aromatic N) is 1. The second kappa shape index (κ2) is 4.94. The first-order valence-electron chi connectivity index (χ1n) is 3.28. The molecule has 70 valence electrons. The predicted octanol–water partition coefficient (Wildman–Crippen LogP) is 2.97. The maximum Gasteiger partial charge on any atom is 0.286 e. The molecule has 0 fully saturated rings. The monoisotopic (exact) mass is 405 g/mol. The van der Waals surface area contributed by atoms with E-state index in [4.69, 9.17) is 4.74 Å². The van der Waals surface area contributed by atoms with Crippen LogP contribution in [0.4, 0.5) is 5.69 Å². The molecule has 0 aliphatic carbocycles. The molecule has 0 radical (unpaired) electrons. The number of halogens is 2. The minimum Gasteiger partial charge on any atom is -0.483 e. The van der Waals surface area contributed by atoms with Gasteiger partial charge in [0.1, 0.15) is 10.4 Å². The van der Waals surface area contributed by atoms with E-state index >= 15 is 0 Å². The van der Waals surface area contributed by atoms with Gasteiger partial charge in [0.2, 0.25) is 0 Å². The number of ether oxygens (including phenoxy) is 1. The molecule has 6 heteroatoms. The molecule has 0 saturated heterocycles. The zero-order chi connectivity index (χ0) is 9.84. The summed E-state index contributed by atoms with van der Waals surface area (Å²) in [7, 11) is 0. The Morgan fingerprint density at radius 3 is 2.77 bits per heavy atom. The minimum atomic E-state index is -0.415. The third-order valence-corrected chi connectivity index (χ3v) is 2.56. The van der Waals surface area contributed by atoms with Crippen molar-refractivity contribution in [2.24, 2.45) is 0 Å². The summed E-state index contributed by atoms with van der Waals surface area (Å²) >= 11 is 3.96. The molecule has 0 aromatic heterocycles. The maximum atomic E-state index is 10.5. The third-order valence-electron chi connectivity index (χ3n) is 1.34. The number of alkyl halides is 1. The number of hydrogen-bond donors (Lipinski definition) is 0. The summed E-state index contributed by atoms with van der Waals surface area (Å²) in [5.41, 5.74) is 0.0861. The lowest BCUT2D eigenvalue weighted by molar-refractivity contribution is -0.385. The van der Waals surface area contributed by atoms with Gasteiger partial charge in [0.25, 0.3) is 5.69 Å². The van der Waals surface area contributed by atoms with Crippen LogP contribution in [0.5, 0.6) is 5.75 Å². The Balaban J connectivity index is 3.04. The highest BCUT2D eigenvalue weighted by molar-refractivity contribution is 14.1. The SMILES string of the molecule is O=[N+]([O-])c1cc(OCI)ccc1I. The largest absolute Gasteiger partial charge is 0.483 e. The Labute approximate surface area is 102 Å². The Morgan fingerprint density at radius 2 is 2.23 bits per heavy atom. The number of nitro groups is 1. The van der Waals surface area contributed by atoms with E-state index in [0.29, 0.717) is 13.9 Å². The summed E-state index contributed by atoms with van der Waals surface area (Å²) in [5.74, 6) is 0.529. The predicted molar refractivity (Wildman–Crippen MR) is 65.3 cm³/mol. The zero-order valence-corrected chi connectivity index (χ0v) is 10.7. The van der Waals surface area contributed by atoms with Crippen molar-refractivity contribution in [2.45, 2.75) is 0 Å². The van der Waals surface area contributed by atoms with E-state index in [1.807, 2.05) is 45.2 Å². The van der Waals surface area contributed by atoms with Gasteiger partial charge in [-0.2, -0.15) is 0 Å². The van der Waals surface area contributed by atoms with Gasteiger partial charge < -0.3 is 4.74 Å². The molecule has 0 spiro atoms. The number of benzene rings is 1. The first kappa shape index (κ1) is 11.0. The highest BCUT2D eigenvalue weighted by Gasteiger charge is 2.12. The van der Waals surface area contributed by atoms with Crippen LogP contribution in [-0.4, -0.2) is 9.54 Å². The van der Waals surface area contributed by atoms with E-state index in [-0.39, 0.29) is 5.69 Å². The lowest BCUT2D eigenvalue weighted by Crippen LogP contribution is -1.94. The van der Waals surface area contributed by atoms with Gasteiger partial charge >= 0.3 is 0 Å². The zero-order valence-electron chi connectivity index (χ0n) is 6.37. The van der Waals surface area contributed by atoms with Crippen LogP contribution in [-0.2, 0) is 0 Å². The van der Waals surface area contributed by atoms with Crippen LogP contribution in [0.15, 0.2) is 18.2 Å². The Bertz CT molecular complexity index is 330. The van der Waals surface area contributed by atoms with Gasteiger partial charge in [-0.25, -0.2) is 0 Å². The number of rotatable bonds is 3. The molecule has 13 heavy (non-hydrogen) atoms. The van der Waals surface area contributed by atoms with Crippen LogP contribution in [0.25, 0.3) is 0 Å². The molecular formula is C7H5I2NO3. The highest BCUT2D eigenvalue weighted by atomic mass is 127. The fourth-order valence-corrected chi connectivity index (χ4v) is 1.68. The third kappa shape index (κ3) is 2.93. The number of nitro benzene ring substituents is 1. The molecule has 0 saturated carbocycles. The summed E-state index contributed by atoms with van der Waals surface area (Å²) in [6.45, 7) is 0. The lowest BCUT2D eigenvalue weighted by Gasteiger charge is -2.01. The van der Waals surface area contributed by atoms with Crippen molar-refractivity contribution in [3.63, 3.8) is 0 Å². The van der Waals surface area contributed by atoms with Crippen molar-refractivity contribution >= 4 is 50.9 Å². The van der Waals surface area contributed by atoms with Gasteiger partial charge in [0.15, 0.2) is 0 Å². The molecule has 1 rings (SSSR count). The second-order valence-electron chi connectivity index (χ2n) is 2.12. The Hall–Kier alpha value is -0.120. The normalized spacial score (nSPS) is 9.69. The van der Waals surface area contributed by atoms with Crippen LogP contribution in [0.3, 0.4) is 0 Å². The Morgan fingerprint density at radius 1 is 1.54 bits per heavy atom. The van der Waals surface area contributed by atoms with Crippen LogP contribution in [0.2, 0.25) is 0 Å². The van der Waals surface area contributed by atoms with Gasteiger partial charge in [-0.3, -0.25) is 10.1 Å². The molecule has 0 heterocycles. The van der Waals surface area contributed by atoms with Crippen LogP contribution >= 0.6 is 45.2 Å². The van der Waals surface area contributed by atoms with E-state index in [2.05, 4.69) is 0 Å². The summed E-state index contributed by atoms with van der Waals surface area (Å²) in [6.07, 6.45) is 0. The molecule has 0 unspecified atom stereocenters. The molecule has 0 atom stereocenters. The van der Waals surface area contributed by atoms with Crippen LogP contribution in [0, 0.1) is 13.7 Å². The summed E-state index contributed by atoms with van der Waals surface area (Å²) in [4.78, 5) is 10.1. The number of hydrogen-bond acceptors (Lipinski definition) is 3. The molecule has 0 aliphatic heterocycles. The quantitative estimate of drug-likeness (QED) is 0.337. The van der Waals surface area contributed by atoms with E-state index in [0.717, 1.165) is 0 Å². The Kier molecular flexibility index (Phi) is 4.16. The van der Waals surface area contributed by atoms with E-state index < -0.39 is 4.92 Å². The van der Waals surface area contributed by atoms with Crippen molar-refractivity contribution in [2.75, 3.05) is 4.61 Å². The topological polar surface area (TPSA) is 52.4 Å². The summed E-state index contributed by atoms with van der Waals surface area (Å²) < 4.78 is 6.23. The molecule has 0 amide bonds. The lowest BCUT2D eigenvalue weighted by atomic mass is 10.3. The first-order valence-corrected chi connectivity index (χ1v) is 5.88. The van der Waals surface area contributed by atoms with E-state index in [9.17, 15) is 10.1 Å². The minimum absolute atomic E-state index is 0.0861. The van der Waals surface area contributed by atoms with Crippen molar-refractivity contribution in [1.82, 2.24) is 0 Å². The fourth-order valence-electron chi connectivity index (χ4n) is 0.785. The van der Waals surface area contributed by atoms with Crippen molar-refractivity contribution in [1.29, 1.82) is 0 Å². The molecule has 4 nitrogen and oxygen atoms in total. The standard InChI is InChI=1S/C7H5I2NO3/c8-4-13-5-1-2-6(9)7(3-5)10(11)12/h1-3H,4H2. The maximum absolute atomic E-state index is 10.5. The van der Waals surface area contributed by atoms with Crippen molar-refractivity contribution in [3.8, 4) is 5.75 Å². The molecule has 0 bridgehead atoms. The van der Waals surface area contributed by atoms with Crippen molar-refractivity contribution < 1.29 is 9.66 Å². The van der Waals surface area contributed by atoms with Crippen LogP contribution in [0.1, 0.15) is 0 Å². The summed E-state index contributed by atoms with van der Waals surface area (Å²) in [6, 6.07) is 4.81. The second-order valence-corrected chi connectivity index (χ2v) is 3.91. The van der Waals surface area contributed by atoms with Crippen molar-refractivity contribution in [3.05, 3.63) is 31.9 Å². The van der Waals surface area contributed by atoms with Gasteiger partial charge in [-0.1, -0.05) is 0 Å². The highest BCUT2D eigenvalue weighted by Crippen LogP contribution is 2.25. The molecule has 1 aromatic rings. The average molecular weight is 405 g/mol. The van der Waals surface area contributed by atoms with E-state index in [1.54, 1.807) is 12.1 Å². The smallest absolute Gasteiger partial charge is 0.286 e. The first-order chi connectivity index (χ1) is 6.15. The van der Waals surface area contributed by atoms with Gasteiger partial charge in [0, 0.05) is 0 Å². The molecule has 0 aliphatic rings. The molecule has 0 N–H and O–H groups in total.